The van der Waals surface area contributed by atoms with E-state index < -0.39 is 46.2 Å². The largest absolute Gasteiger partial charge is 0.497 e. The molecular weight excluding hydrogens is 559 g/mol. The number of hydrogen-bond donors (Lipinski definition) is 1. The lowest BCUT2D eigenvalue weighted by Crippen LogP contribution is -2.52. The van der Waals surface area contributed by atoms with Crippen LogP contribution >= 0.6 is 0 Å². The number of benzene rings is 3. The van der Waals surface area contributed by atoms with Gasteiger partial charge < -0.3 is 15.0 Å². The molecule has 41 heavy (non-hydrogen) atoms. The van der Waals surface area contributed by atoms with Crippen LogP contribution in [0.4, 0.5) is 18.9 Å². The standard InChI is InChI=1S/C29H32F3N3O5S/c1-4-26(28(37)33-5-2)34(19-21-14-16-24(40-3)17-15-21)27(36)20-35(41(38,39)25-12-7-6-8-13-25)23-11-9-10-22(18-23)29(30,31)32/h6-18,26H,4-5,19-20H2,1-3H3,(H,33,37)/t26-/m0/s1. The molecular formula is C29H32F3N3O5S. The number of carbonyl (C=O) groups excluding carboxylic acids is 2. The zero-order chi connectivity index (χ0) is 30.2. The number of hydrogen-bond acceptors (Lipinski definition) is 5. The molecule has 0 unspecified atom stereocenters. The molecule has 0 aliphatic rings. The molecule has 0 saturated carbocycles. The first-order valence-corrected chi connectivity index (χ1v) is 14.3. The molecule has 3 rings (SSSR count). The number of anilines is 1. The molecule has 3 aromatic carbocycles. The van der Waals surface area contributed by atoms with Crippen LogP contribution in [0, 0.1) is 0 Å². The molecule has 0 spiro atoms. The third-order valence-electron chi connectivity index (χ3n) is 6.32. The molecule has 0 aromatic heterocycles. The quantitative estimate of drug-likeness (QED) is 0.325. The Morgan fingerprint density at radius 2 is 1.61 bits per heavy atom. The van der Waals surface area contributed by atoms with E-state index in [0.717, 1.165) is 12.1 Å². The van der Waals surface area contributed by atoms with Crippen LogP contribution in [0.25, 0.3) is 0 Å². The second kappa shape index (κ2) is 13.5. The van der Waals surface area contributed by atoms with Crippen LogP contribution in [-0.2, 0) is 32.3 Å². The van der Waals surface area contributed by atoms with Gasteiger partial charge >= 0.3 is 6.18 Å². The Bertz CT molecular complexity index is 1430. The molecule has 12 heteroatoms. The minimum absolute atomic E-state index is 0.0553. The molecule has 1 N–H and O–H groups in total. The first-order valence-electron chi connectivity index (χ1n) is 12.9. The highest BCUT2D eigenvalue weighted by Gasteiger charge is 2.35. The molecule has 2 amide bonds. The van der Waals surface area contributed by atoms with E-state index in [0.29, 0.717) is 28.2 Å². The summed E-state index contributed by atoms with van der Waals surface area (Å²) in [6.07, 6.45) is -4.53. The van der Waals surface area contributed by atoms with Crippen molar-refractivity contribution in [1.82, 2.24) is 10.2 Å². The Balaban J connectivity index is 2.09. The van der Waals surface area contributed by atoms with Crippen molar-refractivity contribution in [3.8, 4) is 5.75 Å². The van der Waals surface area contributed by atoms with Crippen LogP contribution in [0.2, 0.25) is 0 Å². The Kier molecular flexibility index (Phi) is 10.4. The molecule has 220 valence electrons. The highest BCUT2D eigenvalue weighted by atomic mass is 32.2. The van der Waals surface area contributed by atoms with Crippen molar-refractivity contribution >= 4 is 27.5 Å². The number of amides is 2. The summed E-state index contributed by atoms with van der Waals surface area (Å²) in [4.78, 5) is 27.9. The molecule has 0 heterocycles. The van der Waals surface area contributed by atoms with Gasteiger partial charge in [0.1, 0.15) is 18.3 Å². The van der Waals surface area contributed by atoms with E-state index in [2.05, 4.69) is 5.32 Å². The number of nitrogens with one attached hydrogen (secondary N) is 1. The average molecular weight is 592 g/mol. The molecule has 0 fully saturated rings. The second-order valence-corrected chi connectivity index (χ2v) is 10.9. The second-order valence-electron chi connectivity index (χ2n) is 9.06. The lowest BCUT2D eigenvalue weighted by atomic mass is 10.1. The van der Waals surface area contributed by atoms with Crippen molar-refractivity contribution < 1.29 is 35.9 Å². The Labute approximate surface area is 237 Å². The van der Waals surface area contributed by atoms with Crippen LogP contribution in [0.1, 0.15) is 31.4 Å². The van der Waals surface area contributed by atoms with Gasteiger partial charge in [0.2, 0.25) is 11.8 Å². The smallest absolute Gasteiger partial charge is 0.416 e. The summed E-state index contributed by atoms with van der Waals surface area (Å²) in [5.41, 5.74) is -0.773. The van der Waals surface area contributed by atoms with Crippen LogP contribution < -0.4 is 14.4 Å². The van der Waals surface area contributed by atoms with Gasteiger partial charge in [0.15, 0.2) is 0 Å². The van der Waals surface area contributed by atoms with Gasteiger partial charge in [-0.25, -0.2) is 8.42 Å². The molecule has 0 aliphatic heterocycles. The van der Waals surface area contributed by atoms with Gasteiger partial charge in [-0.15, -0.1) is 0 Å². The minimum atomic E-state index is -4.74. The maximum absolute atomic E-state index is 13.9. The summed E-state index contributed by atoms with van der Waals surface area (Å²) in [5, 5.41) is 2.69. The van der Waals surface area contributed by atoms with Gasteiger partial charge in [0.25, 0.3) is 10.0 Å². The first kappa shape index (κ1) is 31.5. The molecule has 1 atom stereocenters. The number of rotatable bonds is 12. The van der Waals surface area contributed by atoms with E-state index in [4.69, 9.17) is 4.74 Å². The predicted octanol–water partition coefficient (Wildman–Crippen LogP) is 4.85. The van der Waals surface area contributed by atoms with Gasteiger partial charge in [-0.3, -0.25) is 13.9 Å². The predicted molar refractivity (Wildman–Crippen MR) is 149 cm³/mol. The highest BCUT2D eigenvalue weighted by molar-refractivity contribution is 7.92. The van der Waals surface area contributed by atoms with Gasteiger partial charge in [-0.2, -0.15) is 13.2 Å². The van der Waals surface area contributed by atoms with Crippen molar-refractivity contribution in [3.63, 3.8) is 0 Å². The van der Waals surface area contributed by atoms with Crippen molar-refractivity contribution in [3.05, 3.63) is 90.0 Å². The Hall–Kier alpha value is -4.06. The molecule has 0 saturated heterocycles. The van der Waals surface area contributed by atoms with Gasteiger partial charge in [-0.1, -0.05) is 43.3 Å². The van der Waals surface area contributed by atoms with Crippen molar-refractivity contribution in [2.24, 2.45) is 0 Å². The van der Waals surface area contributed by atoms with E-state index in [1.165, 1.54) is 42.3 Å². The number of halogens is 3. The number of likely N-dealkylation sites (N-methyl/N-ethyl adjacent to an activating group) is 1. The number of nitrogens with zero attached hydrogens (tertiary/aromatic N) is 2. The van der Waals surface area contributed by atoms with Crippen molar-refractivity contribution in [2.75, 3.05) is 24.5 Å². The van der Waals surface area contributed by atoms with Gasteiger partial charge in [0, 0.05) is 13.1 Å². The molecule has 0 radical (unpaired) electrons. The Morgan fingerprint density at radius 1 is 0.951 bits per heavy atom. The summed E-state index contributed by atoms with van der Waals surface area (Å²) in [6, 6.07) is 16.7. The third-order valence-corrected chi connectivity index (χ3v) is 8.11. The van der Waals surface area contributed by atoms with E-state index in [9.17, 15) is 31.2 Å². The average Bonchev–Trinajstić information content (AvgIpc) is 2.96. The fourth-order valence-corrected chi connectivity index (χ4v) is 5.65. The van der Waals surface area contributed by atoms with Crippen molar-refractivity contribution in [1.29, 1.82) is 0 Å². The number of carbonyl (C=O) groups is 2. The van der Waals surface area contributed by atoms with E-state index in [-0.39, 0.29) is 23.5 Å². The van der Waals surface area contributed by atoms with Crippen LogP contribution in [0.15, 0.2) is 83.8 Å². The lowest BCUT2D eigenvalue weighted by Gasteiger charge is -2.33. The van der Waals surface area contributed by atoms with E-state index >= 15 is 0 Å². The summed E-state index contributed by atoms with van der Waals surface area (Å²) >= 11 is 0. The Morgan fingerprint density at radius 3 is 2.17 bits per heavy atom. The fraction of sp³-hybridized carbons (Fsp3) is 0.310. The zero-order valence-electron chi connectivity index (χ0n) is 22.9. The summed E-state index contributed by atoms with van der Waals surface area (Å²) in [7, 11) is -2.99. The third kappa shape index (κ3) is 7.78. The monoisotopic (exact) mass is 591 g/mol. The number of alkyl halides is 3. The molecule has 3 aromatic rings. The molecule has 0 bridgehead atoms. The van der Waals surface area contributed by atoms with Crippen LogP contribution in [-0.4, -0.2) is 51.4 Å². The normalized spacial score (nSPS) is 12.3. The summed E-state index contributed by atoms with van der Waals surface area (Å²) < 4.78 is 74.0. The molecule has 8 nitrogen and oxygen atoms in total. The van der Waals surface area contributed by atoms with Gasteiger partial charge in [-0.05, 0) is 61.4 Å². The van der Waals surface area contributed by atoms with Crippen molar-refractivity contribution in [2.45, 2.75) is 43.9 Å². The maximum Gasteiger partial charge on any atom is 0.416 e. The summed E-state index contributed by atoms with van der Waals surface area (Å²) in [6.45, 7) is 2.84. The van der Waals surface area contributed by atoms with E-state index in [1.54, 1.807) is 44.2 Å². The minimum Gasteiger partial charge on any atom is -0.497 e. The number of methoxy groups -OCH3 is 1. The van der Waals surface area contributed by atoms with Crippen LogP contribution in [0.3, 0.4) is 0 Å². The number of ether oxygens (including phenoxy) is 1. The van der Waals surface area contributed by atoms with E-state index in [1.807, 2.05) is 0 Å². The van der Waals surface area contributed by atoms with Gasteiger partial charge in [0.05, 0.1) is 23.3 Å². The zero-order valence-corrected chi connectivity index (χ0v) is 23.7. The summed E-state index contributed by atoms with van der Waals surface area (Å²) in [5.74, 6) is -0.628. The SMILES string of the molecule is CCNC(=O)[C@H](CC)N(Cc1ccc(OC)cc1)C(=O)CN(c1cccc(C(F)(F)F)c1)S(=O)(=O)c1ccccc1. The topological polar surface area (TPSA) is 96.0 Å². The fourth-order valence-electron chi connectivity index (χ4n) is 4.22. The first-order chi connectivity index (χ1) is 19.4. The molecule has 0 aliphatic carbocycles. The number of sulfonamides is 1. The van der Waals surface area contributed by atoms with Crippen LogP contribution in [0.5, 0.6) is 5.75 Å². The maximum atomic E-state index is 13.9. The highest BCUT2D eigenvalue weighted by Crippen LogP contribution is 2.33. The lowest BCUT2D eigenvalue weighted by molar-refractivity contribution is -0.140.